The Hall–Kier alpha value is -4.35. The van der Waals surface area contributed by atoms with Crippen molar-refractivity contribution < 1.29 is 19.2 Å². The zero-order valence-electron chi connectivity index (χ0n) is 16.3. The van der Waals surface area contributed by atoms with Gasteiger partial charge < -0.3 is 15.2 Å². The number of para-hydroxylation sites is 1. The third kappa shape index (κ3) is 3.85. The van der Waals surface area contributed by atoms with Crippen LogP contribution in [0, 0.1) is 21.4 Å². The van der Waals surface area contributed by atoms with Crippen molar-refractivity contribution in [2.45, 2.75) is 5.92 Å². The fourth-order valence-corrected chi connectivity index (χ4v) is 3.59. The lowest BCUT2D eigenvalue weighted by molar-refractivity contribution is -0.385. The lowest BCUT2D eigenvalue weighted by Crippen LogP contribution is -2.21. The van der Waals surface area contributed by atoms with Crippen molar-refractivity contribution in [1.29, 1.82) is 5.26 Å². The van der Waals surface area contributed by atoms with Crippen molar-refractivity contribution in [1.82, 2.24) is 0 Å². The van der Waals surface area contributed by atoms with E-state index in [1.54, 1.807) is 30.3 Å². The molecule has 0 fully saturated rings. The largest absolute Gasteiger partial charge is 0.440 e. The van der Waals surface area contributed by atoms with Gasteiger partial charge in [-0.1, -0.05) is 41.9 Å². The highest BCUT2D eigenvalue weighted by Crippen LogP contribution is 2.43. The van der Waals surface area contributed by atoms with Gasteiger partial charge in [0.15, 0.2) is 0 Å². The lowest BCUT2D eigenvalue weighted by atomic mass is 9.83. The summed E-state index contributed by atoms with van der Waals surface area (Å²) < 4.78 is 10.9. The minimum Gasteiger partial charge on any atom is -0.440 e. The molecule has 4 rings (SSSR count). The third-order valence-corrected chi connectivity index (χ3v) is 5.18. The summed E-state index contributed by atoms with van der Waals surface area (Å²) in [6.45, 7) is 0. The summed E-state index contributed by atoms with van der Waals surface area (Å²) in [5.41, 5.74) is 7.11. The van der Waals surface area contributed by atoms with Crippen LogP contribution in [0.15, 0.2) is 78.2 Å². The highest BCUT2D eigenvalue weighted by molar-refractivity contribution is 6.30. The maximum Gasteiger partial charge on any atom is 0.350 e. The van der Waals surface area contributed by atoms with Crippen LogP contribution in [0.5, 0.6) is 11.5 Å². The van der Waals surface area contributed by atoms with E-state index in [-0.39, 0.29) is 28.5 Å². The summed E-state index contributed by atoms with van der Waals surface area (Å²) in [6.07, 6.45) is 0. The lowest BCUT2D eigenvalue weighted by Gasteiger charge is -2.26. The monoisotopic (exact) mass is 447 g/mol. The molecule has 2 N–H and O–H groups in total. The molecule has 0 bridgehead atoms. The minimum atomic E-state index is -0.886. The Morgan fingerprint density at radius 2 is 1.88 bits per heavy atom. The summed E-state index contributed by atoms with van der Waals surface area (Å²) in [5.74, 6) is -1.05. The molecule has 8 nitrogen and oxygen atoms in total. The van der Waals surface area contributed by atoms with Crippen molar-refractivity contribution in [2.75, 3.05) is 0 Å². The Labute approximate surface area is 187 Å². The Kier molecular flexibility index (Phi) is 5.50. The fraction of sp³-hybridized carbons (Fsp3) is 0.0435. The van der Waals surface area contributed by atoms with Crippen molar-refractivity contribution in [2.24, 2.45) is 5.73 Å². The number of rotatable bonds is 4. The van der Waals surface area contributed by atoms with E-state index >= 15 is 0 Å². The third-order valence-electron chi connectivity index (χ3n) is 4.93. The van der Waals surface area contributed by atoms with E-state index in [1.165, 1.54) is 36.4 Å². The number of hydrogen-bond acceptors (Lipinski definition) is 7. The number of carbonyl (C=O) groups is 1. The molecule has 1 aliphatic rings. The second-order valence-corrected chi connectivity index (χ2v) is 7.28. The maximum atomic E-state index is 12.5. The Bertz CT molecular complexity index is 1310. The number of halogens is 1. The summed E-state index contributed by atoms with van der Waals surface area (Å²) >= 11 is 5.98. The molecule has 0 saturated heterocycles. The van der Waals surface area contributed by atoms with Gasteiger partial charge in [-0.3, -0.25) is 10.1 Å². The molecule has 3 aromatic rings. The number of nitro groups is 1. The maximum absolute atomic E-state index is 12.5. The molecule has 1 atom stereocenters. The number of benzene rings is 3. The Morgan fingerprint density at radius 1 is 1.16 bits per heavy atom. The first-order valence-corrected chi connectivity index (χ1v) is 9.69. The van der Waals surface area contributed by atoms with Crippen LogP contribution in [0.4, 0.5) is 5.69 Å². The summed E-state index contributed by atoms with van der Waals surface area (Å²) in [4.78, 5) is 23.1. The quantitative estimate of drug-likeness (QED) is 0.266. The summed E-state index contributed by atoms with van der Waals surface area (Å²) in [6, 6.07) is 19.2. The number of nitro benzene ring substituents is 1. The summed E-state index contributed by atoms with van der Waals surface area (Å²) in [5, 5.41) is 21.4. The van der Waals surface area contributed by atoms with Gasteiger partial charge in [-0.05, 0) is 29.8 Å². The topological polar surface area (TPSA) is 128 Å². The van der Waals surface area contributed by atoms with Gasteiger partial charge in [0.25, 0.3) is 5.69 Å². The van der Waals surface area contributed by atoms with Crippen molar-refractivity contribution >= 4 is 23.3 Å². The minimum absolute atomic E-state index is 0.0675. The highest BCUT2D eigenvalue weighted by atomic mass is 35.5. The van der Waals surface area contributed by atoms with Gasteiger partial charge in [-0.25, -0.2) is 4.79 Å². The van der Waals surface area contributed by atoms with E-state index < -0.39 is 16.8 Å². The Balaban J connectivity index is 1.70. The molecule has 0 aliphatic carbocycles. The van der Waals surface area contributed by atoms with Crippen molar-refractivity contribution in [3.8, 4) is 17.6 Å². The highest BCUT2D eigenvalue weighted by Gasteiger charge is 2.31. The van der Waals surface area contributed by atoms with Crippen LogP contribution in [0.1, 0.15) is 27.4 Å². The molecule has 0 spiro atoms. The zero-order valence-corrected chi connectivity index (χ0v) is 17.1. The molecular weight excluding hydrogens is 434 g/mol. The zero-order chi connectivity index (χ0) is 22.8. The van der Waals surface area contributed by atoms with E-state index in [9.17, 15) is 20.2 Å². The average Bonchev–Trinajstić information content (AvgIpc) is 2.78. The molecule has 3 aromatic carbocycles. The average molecular weight is 448 g/mol. The van der Waals surface area contributed by atoms with Gasteiger partial charge in [0.2, 0.25) is 5.88 Å². The fourth-order valence-electron chi connectivity index (χ4n) is 3.46. The predicted octanol–water partition coefficient (Wildman–Crippen LogP) is 4.69. The number of fused-ring (bicyclic) bond motifs is 1. The van der Waals surface area contributed by atoms with Crippen LogP contribution in [-0.4, -0.2) is 10.9 Å². The van der Waals surface area contributed by atoms with E-state index in [2.05, 4.69) is 6.07 Å². The first-order chi connectivity index (χ1) is 15.4. The second kappa shape index (κ2) is 8.41. The second-order valence-electron chi connectivity index (χ2n) is 6.84. The molecular formula is C23H14ClN3O5. The summed E-state index contributed by atoms with van der Waals surface area (Å²) in [7, 11) is 0. The van der Waals surface area contributed by atoms with Gasteiger partial charge >= 0.3 is 5.97 Å². The molecule has 1 heterocycles. The van der Waals surface area contributed by atoms with Gasteiger partial charge in [-0.2, -0.15) is 5.26 Å². The molecule has 0 aromatic heterocycles. The molecule has 32 heavy (non-hydrogen) atoms. The van der Waals surface area contributed by atoms with Crippen LogP contribution in [0.3, 0.4) is 0 Å². The molecule has 9 heteroatoms. The van der Waals surface area contributed by atoms with E-state index in [4.69, 9.17) is 26.8 Å². The van der Waals surface area contributed by atoms with Crippen LogP contribution in [-0.2, 0) is 0 Å². The molecule has 1 unspecified atom stereocenters. The molecule has 1 aliphatic heterocycles. The number of nitrogens with zero attached hydrogens (tertiary/aromatic N) is 2. The van der Waals surface area contributed by atoms with Crippen LogP contribution < -0.4 is 15.2 Å². The number of ether oxygens (including phenoxy) is 2. The first kappa shape index (κ1) is 20.9. The number of nitriles is 1. The molecule has 0 saturated carbocycles. The number of allylic oxidation sites excluding steroid dienone is 1. The van der Waals surface area contributed by atoms with Gasteiger partial charge in [-0.15, -0.1) is 0 Å². The SMILES string of the molecule is N#CC1=C(N)Oc2cc(OC(=O)c3ccccc3[N+](=O)[O-])ccc2C1c1ccc(Cl)cc1. The molecule has 0 amide bonds. The van der Waals surface area contributed by atoms with Crippen molar-refractivity contribution in [3.63, 3.8) is 0 Å². The number of carbonyl (C=O) groups excluding carboxylic acids is 1. The number of hydrogen-bond donors (Lipinski definition) is 1. The predicted molar refractivity (Wildman–Crippen MR) is 115 cm³/mol. The van der Waals surface area contributed by atoms with Gasteiger partial charge in [0, 0.05) is 22.7 Å². The van der Waals surface area contributed by atoms with Crippen LogP contribution in [0.25, 0.3) is 0 Å². The van der Waals surface area contributed by atoms with Crippen LogP contribution >= 0.6 is 11.6 Å². The van der Waals surface area contributed by atoms with E-state index in [0.29, 0.717) is 16.3 Å². The smallest absolute Gasteiger partial charge is 0.350 e. The molecule has 158 valence electrons. The number of esters is 1. The van der Waals surface area contributed by atoms with Crippen molar-refractivity contribution in [3.05, 3.63) is 110 Å². The Morgan fingerprint density at radius 3 is 2.56 bits per heavy atom. The van der Waals surface area contributed by atoms with Crippen LogP contribution in [0.2, 0.25) is 5.02 Å². The standard InChI is InChI=1S/C23H14ClN3O5/c24-14-7-5-13(6-8-14)21-17-10-9-15(11-20(17)32-22(26)18(21)12-25)31-23(28)16-3-1-2-4-19(16)27(29)30/h1-11,21H,26H2. The number of nitrogens with two attached hydrogens (primary N) is 1. The van der Waals surface area contributed by atoms with E-state index in [0.717, 1.165) is 5.56 Å². The van der Waals surface area contributed by atoms with Gasteiger partial charge in [0.05, 0.1) is 10.8 Å². The van der Waals surface area contributed by atoms with Gasteiger partial charge in [0.1, 0.15) is 28.7 Å². The normalized spacial score (nSPS) is 14.7. The molecule has 0 radical (unpaired) electrons. The first-order valence-electron chi connectivity index (χ1n) is 9.31. The van der Waals surface area contributed by atoms with E-state index in [1.807, 2.05) is 0 Å².